The van der Waals surface area contributed by atoms with Crippen molar-refractivity contribution in [3.8, 4) is 0 Å². The lowest BCUT2D eigenvalue weighted by atomic mass is 10.0. The molecule has 0 spiro atoms. The van der Waals surface area contributed by atoms with E-state index in [2.05, 4.69) is 11.6 Å². The first kappa shape index (κ1) is 14.7. The van der Waals surface area contributed by atoms with Gasteiger partial charge in [0.05, 0.1) is 6.10 Å². The highest BCUT2D eigenvalue weighted by atomic mass is 32.2. The first-order chi connectivity index (χ1) is 7.10. The molecule has 2 N–H and O–H groups in total. The zero-order chi connectivity index (χ0) is 11.7. The summed E-state index contributed by atoms with van der Waals surface area (Å²) in [6.07, 6.45) is 2.48. The first-order valence-corrected chi connectivity index (χ1v) is 6.08. The van der Waals surface area contributed by atoms with E-state index in [1.165, 1.54) is 0 Å². The average Bonchev–Trinajstić information content (AvgIpc) is 2.18. The molecular weight excluding hydrogens is 214 g/mol. The minimum atomic E-state index is -0.134. The molecular formula is C10H21NO3S. The van der Waals surface area contributed by atoms with Gasteiger partial charge in [-0.25, -0.2) is 0 Å². The van der Waals surface area contributed by atoms with E-state index in [0.29, 0.717) is 31.2 Å². The summed E-state index contributed by atoms with van der Waals surface area (Å²) in [4.78, 5) is 11.1. The fraction of sp³-hybridized carbons (Fsp3) is 0.900. The van der Waals surface area contributed by atoms with Crippen LogP contribution in [0.15, 0.2) is 0 Å². The van der Waals surface area contributed by atoms with Gasteiger partial charge in [0.15, 0.2) is 0 Å². The van der Waals surface area contributed by atoms with Crippen LogP contribution in [0, 0.1) is 5.92 Å². The number of hydrogen-bond donors (Lipinski definition) is 2. The lowest BCUT2D eigenvalue weighted by molar-refractivity contribution is -0.119. The summed E-state index contributed by atoms with van der Waals surface area (Å²) in [5.41, 5.74) is 0. The van der Waals surface area contributed by atoms with Gasteiger partial charge in [0, 0.05) is 13.0 Å². The molecule has 0 fully saturated rings. The Bertz CT molecular complexity index is 176. The van der Waals surface area contributed by atoms with Gasteiger partial charge in [0.1, 0.15) is 12.2 Å². The zero-order valence-electron chi connectivity index (χ0n) is 9.66. The minimum absolute atomic E-state index is 0.134. The van der Waals surface area contributed by atoms with Crippen LogP contribution >= 0.6 is 12.2 Å². The Morgan fingerprint density at radius 2 is 2.20 bits per heavy atom. The predicted octanol–water partition coefficient (Wildman–Crippen LogP) is 2.46. The Morgan fingerprint density at radius 1 is 1.53 bits per heavy atom. The van der Waals surface area contributed by atoms with E-state index in [-0.39, 0.29) is 12.0 Å². The number of rotatable bonds is 8. The van der Waals surface area contributed by atoms with Crippen molar-refractivity contribution in [2.24, 2.45) is 5.92 Å². The Hall–Kier alpha value is -0.260. The third-order valence-corrected chi connectivity index (χ3v) is 2.50. The predicted molar refractivity (Wildman–Crippen MR) is 62.5 cm³/mol. The van der Waals surface area contributed by atoms with Gasteiger partial charge in [-0.1, -0.05) is 13.3 Å². The quantitative estimate of drug-likeness (QED) is 0.501. The van der Waals surface area contributed by atoms with Gasteiger partial charge in [-0.3, -0.25) is 9.52 Å². The number of carbonyl (C=O) groups excluding carboxylic acids is 1. The highest BCUT2D eigenvalue weighted by Gasteiger charge is 2.10. The molecule has 4 nitrogen and oxygen atoms in total. The van der Waals surface area contributed by atoms with E-state index >= 15 is 0 Å². The van der Waals surface area contributed by atoms with Gasteiger partial charge < -0.3 is 9.29 Å². The molecule has 5 heteroatoms. The Kier molecular flexibility index (Phi) is 8.85. The van der Waals surface area contributed by atoms with Crippen molar-refractivity contribution in [3.63, 3.8) is 0 Å². The van der Waals surface area contributed by atoms with Gasteiger partial charge in [-0.05, 0) is 26.2 Å². The van der Waals surface area contributed by atoms with E-state index in [4.69, 9.17) is 9.29 Å². The molecule has 0 rings (SSSR count). The standard InChI is InChI=1S/C10H21NO3S/c1-4-9(7-14-8(2)3)5-6-10(12)11-15-13/h8-9,13H,4-7H2,1-3H3,(H,11,12). The SMILES string of the molecule is CCC(CCC(=O)NSO)COC(C)C. The number of amides is 1. The second-order valence-electron chi connectivity index (χ2n) is 3.81. The molecule has 0 saturated carbocycles. The van der Waals surface area contributed by atoms with Crippen LogP contribution in [0.5, 0.6) is 0 Å². The molecule has 0 aliphatic heterocycles. The number of hydrogen-bond acceptors (Lipinski definition) is 4. The second kappa shape index (κ2) is 9.00. The number of carbonyl (C=O) groups is 1. The molecule has 90 valence electrons. The van der Waals surface area contributed by atoms with Gasteiger partial charge in [-0.15, -0.1) is 0 Å². The van der Waals surface area contributed by atoms with Crippen LogP contribution in [-0.4, -0.2) is 23.2 Å². The molecule has 0 aromatic carbocycles. The second-order valence-corrected chi connectivity index (χ2v) is 4.20. The lowest BCUT2D eigenvalue weighted by Crippen LogP contribution is -2.19. The maximum atomic E-state index is 11.1. The van der Waals surface area contributed by atoms with Crippen LogP contribution in [0.25, 0.3) is 0 Å². The van der Waals surface area contributed by atoms with E-state index in [9.17, 15) is 4.79 Å². The van der Waals surface area contributed by atoms with E-state index in [0.717, 1.165) is 12.8 Å². The summed E-state index contributed by atoms with van der Waals surface area (Å²) in [6.45, 7) is 6.80. The Morgan fingerprint density at radius 3 is 2.67 bits per heavy atom. The first-order valence-electron chi connectivity index (χ1n) is 5.31. The molecule has 0 saturated heterocycles. The number of ether oxygens (including phenoxy) is 1. The molecule has 0 aliphatic rings. The summed E-state index contributed by atoms with van der Waals surface area (Å²) in [7, 11) is 0. The van der Waals surface area contributed by atoms with Crippen molar-refractivity contribution in [2.75, 3.05) is 6.61 Å². The monoisotopic (exact) mass is 235 g/mol. The third kappa shape index (κ3) is 8.72. The molecule has 0 aromatic heterocycles. The van der Waals surface area contributed by atoms with E-state index in [1.54, 1.807) is 0 Å². The maximum absolute atomic E-state index is 11.1. The highest BCUT2D eigenvalue weighted by molar-refractivity contribution is 7.92. The summed E-state index contributed by atoms with van der Waals surface area (Å²) in [6, 6.07) is 0. The third-order valence-electron chi connectivity index (χ3n) is 2.18. The van der Waals surface area contributed by atoms with Crippen LogP contribution < -0.4 is 4.72 Å². The van der Waals surface area contributed by atoms with E-state index in [1.807, 2.05) is 13.8 Å². The average molecular weight is 235 g/mol. The van der Waals surface area contributed by atoms with Gasteiger partial charge in [0.2, 0.25) is 5.91 Å². The Balaban J connectivity index is 3.65. The Labute approximate surface area is 96.1 Å². The molecule has 1 unspecified atom stereocenters. The van der Waals surface area contributed by atoms with Gasteiger partial charge in [-0.2, -0.15) is 0 Å². The fourth-order valence-corrected chi connectivity index (χ4v) is 1.37. The van der Waals surface area contributed by atoms with Crippen LogP contribution in [0.3, 0.4) is 0 Å². The molecule has 1 atom stereocenters. The van der Waals surface area contributed by atoms with Crippen molar-refractivity contribution < 1.29 is 14.1 Å². The maximum Gasteiger partial charge on any atom is 0.231 e. The van der Waals surface area contributed by atoms with Crippen molar-refractivity contribution in [3.05, 3.63) is 0 Å². The van der Waals surface area contributed by atoms with Crippen molar-refractivity contribution in [1.29, 1.82) is 0 Å². The van der Waals surface area contributed by atoms with Crippen molar-refractivity contribution in [2.45, 2.75) is 46.1 Å². The van der Waals surface area contributed by atoms with Crippen LogP contribution in [0.2, 0.25) is 0 Å². The molecule has 15 heavy (non-hydrogen) atoms. The normalized spacial score (nSPS) is 12.9. The van der Waals surface area contributed by atoms with Crippen molar-refractivity contribution >= 4 is 18.1 Å². The van der Waals surface area contributed by atoms with Gasteiger partial charge in [0.25, 0.3) is 0 Å². The number of nitrogens with one attached hydrogen (secondary N) is 1. The molecule has 0 heterocycles. The summed E-state index contributed by atoms with van der Waals surface area (Å²) < 4.78 is 16.2. The van der Waals surface area contributed by atoms with Crippen LogP contribution in [0.1, 0.15) is 40.0 Å². The topological polar surface area (TPSA) is 58.6 Å². The smallest absolute Gasteiger partial charge is 0.231 e. The van der Waals surface area contributed by atoms with E-state index < -0.39 is 0 Å². The molecule has 0 radical (unpaired) electrons. The molecule has 0 bridgehead atoms. The minimum Gasteiger partial charge on any atom is -0.379 e. The molecule has 0 aromatic rings. The summed E-state index contributed by atoms with van der Waals surface area (Å²) in [5.74, 6) is 0.285. The molecule has 0 aliphatic carbocycles. The largest absolute Gasteiger partial charge is 0.379 e. The summed E-state index contributed by atoms with van der Waals surface area (Å²) >= 11 is 0.356. The van der Waals surface area contributed by atoms with Gasteiger partial charge >= 0.3 is 0 Å². The van der Waals surface area contributed by atoms with Crippen molar-refractivity contribution in [1.82, 2.24) is 4.72 Å². The summed E-state index contributed by atoms with van der Waals surface area (Å²) in [5, 5.41) is 0. The molecule has 1 amide bonds. The van der Waals surface area contributed by atoms with Crippen LogP contribution in [0.4, 0.5) is 0 Å². The van der Waals surface area contributed by atoms with Crippen LogP contribution in [-0.2, 0) is 9.53 Å². The zero-order valence-corrected chi connectivity index (χ0v) is 10.5. The fourth-order valence-electron chi connectivity index (χ4n) is 1.17. The lowest BCUT2D eigenvalue weighted by Gasteiger charge is -2.16. The highest BCUT2D eigenvalue weighted by Crippen LogP contribution is 2.12.